The van der Waals surface area contributed by atoms with Crippen LogP contribution in [0.3, 0.4) is 0 Å². The Morgan fingerprint density at radius 3 is 2.84 bits per heavy atom. The molecule has 3 rings (SSSR count). The molecule has 0 aromatic carbocycles. The highest BCUT2D eigenvalue weighted by atomic mass is 32.1. The second-order valence-electron chi connectivity index (χ2n) is 4.07. The van der Waals surface area contributed by atoms with Gasteiger partial charge in [0.25, 0.3) is 0 Å². The average Bonchev–Trinajstić information content (AvgIpc) is 2.88. The lowest BCUT2D eigenvalue weighted by atomic mass is 10.2. The zero-order chi connectivity index (χ0) is 13.1. The van der Waals surface area contributed by atoms with Gasteiger partial charge in [0, 0.05) is 29.0 Å². The van der Waals surface area contributed by atoms with Crippen LogP contribution in [-0.2, 0) is 0 Å². The van der Waals surface area contributed by atoms with Crippen LogP contribution in [0.1, 0.15) is 5.69 Å². The van der Waals surface area contributed by atoms with E-state index in [1.165, 1.54) is 0 Å². The minimum Gasteiger partial charge on any atom is -0.316 e. The first-order chi connectivity index (χ1) is 9.31. The minimum atomic E-state index is 0.812. The topological polar surface area (TPSA) is 50.7 Å². The molecule has 5 heteroatoms. The fourth-order valence-electron chi connectivity index (χ4n) is 1.70. The maximum absolute atomic E-state index is 4.53. The second kappa shape index (κ2) is 5.16. The van der Waals surface area contributed by atoms with Gasteiger partial charge in [-0.3, -0.25) is 4.98 Å². The molecule has 0 unspecified atom stereocenters. The van der Waals surface area contributed by atoms with Crippen LogP contribution >= 0.6 is 11.3 Å². The monoisotopic (exact) mass is 268 g/mol. The van der Waals surface area contributed by atoms with E-state index in [1.807, 2.05) is 48.8 Å². The van der Waals surface area contributed by atoms with Gasteiger partial charge in [0.1, 0.15) is 5.82 Å². The van der Waals surface area contributed by atoms with Gasteiger partial charge in [-0.2, -0.15) is 0 Å². The van der Waals surface area contributed by atoms with Crippen LogP contribution in [0.5, 0.6) is 0 Å². The summed E-state index contributed by atoms with van der Waals surface area (Å²) < 4.78 is 0. The van der Waals surface area contributed by atoms with Gasteiger partial charge in [-0.1, -0.05) is 6.07 Å². The van der Waals surface area contributed by atoms with Crippen LogP contribution in [0.15, 0.2) is 48.1 Å². The zero-order valence-electron chi connectivity index (χ0n) is 10.4. The van der Waals surface area contributed by atoms with Crippen molar-refractivity contribution in [1.29, 1.82) is 0 Å². The fourth-order valence-corrected chi connectivity index (χ4v) is 2.43. The number of hydrogen-bond donors (Lipinski definition) is 1. The quantitative estimate of drug-likeness (QED) is 0.787. The van der Waals surface area contributed by atoms with Crippen LogP contribution in [-0.4, -0.2) is 15.0 Å². The Kier molecular flexibility index (Phi) is 3.20. The fraction of sp³-hybridized carbons (Fsp3) is 0.0714. The highest BCUT2D eigenvalue weighted by Crippen LogP contribution is 2.25. The summed E-state index contributed by atoms with van der Waals surface area (Å²) in [7, 11) is 0. The summed E-state index contributed by atoms with van der Waals surface area (Å²) in [6.07, 6.45) is 3.56. The van der Waals surface area contributed by atoms with E-state index < -0.39 is 0 Å². The molecule has 0 radical (unpaired) electrons. The Hall–Kier alpha value is -2.27. The molecule has 4 nitrogen and oxygen atoms in total. The van der Waals surface area contributed by atoms with Gasteiger partial charge >= 0.3 is 0 Å². The largest absolute Gasteiger partial charge is 0.316 e. The summed E-state index contributed by atoms with van der Waals surface area (Å²) in [5.41, 5.74) is 2.92. The van der Waals surface area contributed by atoms with Crippen LogP contribution in [0.4, 0.5) is 10.9 Å². The van der Waals surface area contributed by atoms with E-state index in [4.69, 9.17) is 0 Å². The third kappa shape index (κ3) is 2.77. The summed E-state index contributed by atoms with van der Waals surface area (Å²) in [6.45, 7) is 1.97. The first kappa shape index (κ1) is 11.8. The summed E-state index contributed by atoms with van der Waals surface area (Å²) >= 11 is 1.56. The lowest BCUT2D eigenvalue weighted by Gasteiger charge is -2.01. The van der Waals surface area contributed by atoms with Crippen LogP contribution in [0, 0.1) is 6.92 Å². The number of anilines is 2. The van der Waals surface area contributed by atoms with Crippen molar-refractivity contribution >= 4 is 22.3 Å². The molecule has 0 amide bonds. The van der Waals surface area contributed by atoms with Gasteiger partial charge in [0.15, 0.2) is 5.13 Å². The number of pyridine rings is 2. The summed E-state index contributed by atoms with van der Waals surface area (Å²) in [5.74, 6) is 0.812. The first-order valence-electron chi connectivity index (χ1n) is 5.88. The van der Waals surface area contributed by atoms with E-state index in [9.17, 15) is 0 Å². The maximum Gasteiger partial charge on any atom is 0.188 e. The van der Waals surface area contributed by atoms with Crippen LogP contribution in [0.25, 0.3) is 11.3 Å². The van der Waals surface area contributed by atoms with E-state index in [-0.39, 0.29) is 0 Å². The SMILES string of the molecule is Cc1cccc(Nc2nc(-c3cccnc3)cs2)n1. The molecule has 0 saturated carbocycles. The van der Waals surface area contributed by atoms with Crippen molar-refractivity contribution in [3.63, 3.8) is 0 Å². The average molecular weight is 268 g/mol. The zero-order valence-corrected chi connectivity index (χ0v) is 11.2. The molecule has 0 bridgehead atoms. The van der Waals surface area contributed by atoms with Gasteiger partial charge in [-0.25, -0.2) is 9.97 Å². The Morgan fingerprint density at radius 1 is 1.11 bits per heavy atom. The van der Waals surface area contributed by atoms with Crippen molar-refractivity contribution in [3.05, 3.63) is 53.8 Å². The van der Waals surface area contributed by atoms with E-state index >= 15 is 0 Å². The molecule has 0 saturated heterocycles. The number of hydrogen-bond acceptors (Lipinski definition) is 5. The Labute approximate surface area is 115 Å². The lowest BCUT2D eigenvalue weighted by molar-refractivity contribution is 1.19. The maximum atomic E-state index is 4.53. The number of nitrogens with one attached hydrogen (secondary N) is 1. The third-order valence-electron chi connectivity index (χ3n) is 2.58. The molecule has 1 N–H and O–H groups in total. The van der Waals surface area contributed by atoms with Crippen molar-refractivity contribution in [2.24, 2.45) is 0 Å². The predicted octanol–water partition coefficient (Wildman–Crippen LogP) is 3.65. The molecule has 3 aromatic heterocycles. The molecule has 3 heterocycles. The Balaban J connectivity index is 1.82. The lowest BCUT2D eigenvalue weighted by Crippen LogP contribution is -1.93. The van der Waals surface area contributed by atoms with Crippen LogP contribution < -0.4 is 5.32 Å². The van der Waals surface area contributed by atoms with E-state index in [0.717, 1.165) is 27.9 Å². The van der Waals surface area contributed by atoms with E-state index in [1.54, 1.807) is 17.5 Å². The number of rotatable bonds is 3. The molecular formula is C14H12N4S. The molecule has 3 aromatic rings. The van der Waals surface area contributed by atoms with Gasteiger partial charge < -0.3 is 5.32 Å². The molecule has 0 aliphatic heterocycles. The molecule has 19 heavy (non-hydrogen) atoms. The van der Waals surface area contributed by atoms with E-state index in [0.29, 0.717) is 0 Å². The summed E-state index contributed by atoms with van der Waals surface area (Å²) in [4.78, 5) is 13.0. The third-order valence-corrected chi connectivity index (χ3v) is 3.34. The number of thiazole rings is 1. The molecule has 0 atom stereocenters. The highest BCUT2D eigenvalue weighted by molar-refractivity contribution is 7.14. The standard InChI is InChI=1S/C14H12N4S/c1-10-4-2-6-13(16-10)18-14-17-12(9-19-14)11-5-3-7-15-8-11/h2-9H,1H3,(H,16,17,18). The summed E-state index contributed by atoms with van der Waals surface area (Å²) in [6, 6.07) is 9.77. The van der Waals surface area contributed by atoms with Crippen molar-refractivity contribution in [3.8, 4) is 11.3 Å². The molecule has 0 spiro atoms. The predicted molar refractivity (Wildman–Crippen MR) is 77.6 cm³/mol. The summed E-state index contributed by atoms with van der Waals surface area (Å²) in [5, 5.41) is 6.05. The Bertz CT molecular complexity index is 679. The van der Waals surface area contributed by atoms with Crippen molar-refractivity contribution < 1.29 is 0 Å². The van der Waals surface area contributed by atoms with Crippen LogP contribution in [0.2, 0.25) is 0 Å². The normalized spacial score (nSPS) is 10.4. The molecule has 0 fully saturated rings. The first-order valence-corrected chi connectivity index (χ1v) is 6.76. The molecule has 94 valence electrons. The van der Waals surface area contributed by atoms with Crippen molar-refractivity contribution in [2.45, 2.75) is 6.92 Å². The van der Waals surface area contributed by atoms with E-state index in [2.05, 4.69) is 20.3 Å². The second-order valence-corrected chi connectivity index (χ2v) is 4.93. The number of aromatic nitrogens is 3. The van der Waals surface area contributed by atoms with Gasteiger partial charge in [-0.05, 0) is 31.2 Å². The minimum absolute atomic E-state index is 0.812. The van der Waals surface area contributed by atoms with Crippen molar-refractivity contribution in [1.82, 2.24) is 15.0 Å². The Morgan fingerprint density at radius 2 is 2.05 bits per heavy atom. The molecular weight excluding hydrogens is 256 g/mol. The van der Waals surface area contributed by atoms with Crippen molar-refractivity contribution in [2.75, 3.05) is 5.32 Å². The number of nitrogens with zero attached hydrogens (tertiary/aromatic N) is 3. The molecule has 0 aliphatic carbocycles. The van der Waals surface area contributed by atoms with Gasteiger partial charge in [0.05, 0.1) is 5.69 Å². The van der Waals surface area contributed by atoms with Gasteiger partial charge in [-0.15, -0.1) is 11.3 Å². The molecule has 0 aliphatic rings. The number of aryl methyl sites for hydroxylation is 1. The smallest absolute Gasteiger partial charge is 0.188 e. The highest BCUT2D eigenvalue weighted by Gasteiger charge is 2.05. The van der Waals surface area contributed by atoms with Gasteiger partial charge in [0.2, 0.25) is 0 Å².